The second-order valence-electron chi connectivity index (χ2n) is 3.97. The third-order valence-electron chi connectivity index (χ3n) is 2.76. The van der Waals surface area contributed by atoms with E-state index in [1.807, 2.05) is 0 Å². The van der Waals surface area contributed by atoms with E-state index in [9.17, 15) is 4.39 Å². The number of halogens is 3. The van der Waals surface area contributed by atoms with Crippen molar-refractivity contribution in [3.8, 4) is 11.3 Å². The van der Waals surface area contributed by atoms with Gasteiger partial charge in [0.15, 0.2) is 5.65 Å². The van der Waals surface area contributed by atoms with Crippen molar-refractivity contribution < 1.29 is 4.39 Å². The Labute approximate surface area is 121 Å². The molecule has 19 heavy (non-hydrogen) atoms. The number of rotatable bonds is 1. The molecule has 0 saturated carbocycles. The maximum absolute atomic E-state index is 14.0. The van der Waals surface area contributed by atoms with Crippen LogP contribution in [0, 0.1) is 12.7 Å². The van der Waals surface area contributed by atoms with Crippen molar-refractivity contribution in [3.05, 3.63) is 45.7 Å². The number of benzene rings is 1. The Bertz CT molecular complexity index is 787. The van der Waals surface area contributed by atoms with Crippen LogP contribution in [0.5, 0.6) is 0 Å². The monoisotopic (exact) mass is 340 g/mol. The quantitative estimate of drug-likeness (QED) is 0.678. The molecule has 0 N–H and O–H groups in total. The van der Waals surface area contributed by atoms with Crippen molar-refractivity contribution in [2.75, 3.05) is 0 Å². The number of aromatic nitrogens is 4. The van der Waals surface area contributed by atoms with Gasteiger partial charge < -0.3 is 0 Å². The molecule has 96 valence electrons. The van der Waals surface area contributed by atoms with Crippen LogP contribution in [0.15, 0.2) is 29.0 Å². The van der Waals surface area contributed by atoms with Crippen LogP contribution in [0.1, 0.15) is 5.82 Å². The third-order valence-corrected chi connectivity index (χ3v) is 3.73. The number of fused-ring (bicyclic) bond motifs is 1. The fourth-order valence-corrected chi connectivity index (χ4v) is 2.58. The van der Waals surface area contributed by atoms with E-state index in [4.69, 9.17) is 11.6 Å². The molecule has 0 amide bonds. The molecule has 0 saturated heterocycles. The van der Waals surface area contributed by atoms with Gasteiger partial charge in [-0.25, -0.2) is 9.37 Å². The van der Waals surface area contributed by atoms with Gasteiger partial charge in [-0.05, 0) is 41.1 Å². The number of nitrogens with zero attached hydrogens (tertiary/aromatic N) is 4. The summed E-state index contributed by atoms with van der Waals surface area (Å²) in [5, 5.41) is 8.16. The lowest BCUT2D eigenvalue weighted by Crippen LogP contribution is -2.00. The molecule has 0 spiro atoms. The van der Waals surface area contributed by atoms with Gasteiger partial charge in [0, 0.05) is 10.6 Å². The first-order valence-corrected chi connectivity index (χ1v) is 6.56. The Morgan fingerprint density at radius 2 is 2.16 bits per heavy atom. The van der Waals surface area contributed by atoms with Gasteiger partial charge in [-0.2, -0.15) is 0 Å². The lowest BCUT2D eigenvalue weighted by atomic mass is 10.1. The Kier molecular flexibility index (Phi) is 2.99. The van der Waals surface area contributed by atoms with E-state index in [1.165, 1.54) is 6.07 Å². The molecular formula is C12H7BrClFN4. The summed E-state index contributed by atoms with van der Waals surface area (Å²) in [6.45, 7) is 1.81. The Balaban J connectivity index is 2.33. The highest BCUT2D eigenvalue weighted by Gasteiger charge is 2.16. The molecule has 4 nitrogen and oxygen atoms in total. The molecule has 7 heteroatoms. The van der Waals surface area contributed by atoms with Crippen molar-refractivity contribution in [1.82, 2.24) is 19.6 Å². The lowest BCUT2D eigenvalue weighted by Gasteiger charge is -2.08. The Morgan fingerprint density at radius 3 is 2.89 bits per heavy atom. The number of aryl methyl sites for hydroxylation is 1. The zero-order valence-electron chi connectivity index (χ0n) is 9.73. The lowest BCUT2D eigenvalue weighted by molar-refractivity contribution is 0.630. The molecule has 0 radical (unpaired) electrons. The van der Waals surface area contributed by atoms with Crippen molar-refractivity contribution in [2.45, 2.75) is 6.92 Å². The Hall–Kier alpha value is -1.53. The topological polar surface area (TPSA) is 43.1 Å². The van der Waals surface area contributed by atoms with Crippen LogP contribution in [0.2, 0.25) is 5.02 Å². The summed E-state index contributed by atoms with van der Waals surface area (Å²) in [6, 6.07) is 4.48. The molecule has 2 heterocycles. The van der Waals surface area contributed by atoms with Crippen molar-refractivity contribution in [2.24, 2.45) is 0 Å². The van der Waals surface area contributed by atoms with Crippen LogP contribution >= 0.6 is 27.5 Å². The maximum atomic E-state index is 14.0. The van der Waals surface area contributed by atoms with Gasteiger partial charge in [-0.15, -0.1) is 10.2 Å². The third kappa shape index (κ3) is 2.01. The molecule has 3 aromatic rings. The molecule has 0 bridgehead atoms. The minimum atomic E-state index is -0.427. The highest BCUT2D eigenvalue weighted by molar-refractivity contribution is 9.10. The van der Waals surface area contributed by atoms with Crippen LogP contribution in [-0.2, 0) is 0 Å². The van der Waals surface area contributed by atoms with Gasteiger partial charge >= 0.3 is 0 Å². The fraction of sp³-hybridized carbons (Fsp3) is 0.0833. The summed E-state index contributed by atoms with van der Waals surface area (Å²) >= 11 is 9.15. The summed E-state index contributed by atoms with van der Waals surface area (Å²) in [5.41, 5.74) is 1.44. The molecule has 0 fully saturated rings. The molecule has 3 rings (SSSR count). The molecule has 2 aromatic heterocycles. The normalized spacial score (nSPS) is 11.2. The minimum Gasteiger partial charge on any atom is -0.268 e. The first-order valence-electron chi connectivity index (χ1n) is 5.39. The minimum absolute atomic E-state index is 0.345. The standard InChI is InChI=1S/C12H7BrClFN4/c1-6-17-11(8-3-2-7(14)4-9(8)15)10(13)12-18-16-5-19(6)12/h2-5H,1H3. The Morgan fingerprint density at radius 1 is 1.37 bits per heavy atom. The van der Waals surface area contributed by atoms with Crippen LogP contribution < -0.4 is 0 Å². The van der Waals surface area contributed by atoms with E-state index in [-0.39, 0.29) is 0 Å². The second kappa shape index (κ2) is 4.54. The summed E-state index contributed by atoms with van der Waals surface area (Å²) in [6.07, 6.45) is 1.56. The van der Waals surface area contributed by atoms with E-state index in [0.29, 0.717) is 32.2 Å². The molecule has 0 atom stereocenters. The van der Waals surface area contributed by atoms with Crippen molar-refractivity contribution >= 4 is 33.2 Å². The SMILES string of the molecule is Cc1nc(-c2ccc(Cl)cc2F)c(Br)c2nncn12. The average molecular weight is 342 g/mol. The maximum Gasteiger partial charge on any atom is 0.178 e. The largest absolute Gasteiger partial charge is 0.268 e. The van der Waals surface area contributed by atoms with Gasteiger partial charge in [0.1, 0.15) is 18.0 Å². The summed E-state index contributed by atoms with van der Waals surface area (Å²) in [7, 11) is 0. The summed E-state index contributed by atoms with van der Waals surface area (Å²) in [5.74, 6) is 0.247. The first-order chi connectivity index (χ1) is 9.08. The predicted octanol–water partition coefficient (Wildman–Crippen LogP) is 3.65. The van der Waals surface area contributed by atoms with E-state index in [2.05, 4.69) is 31.1 Å². The second-order valence-corrected chi connectivity index (χ2v) is 5.20. The predicted molar refractivity (Wildman–Crippen MR) is 73.6 cm³/mol. The van der Waals surface area contributed by atoms with Crippen LogP contribution in [-0.4, -0.2) is 19.6 Å². The van der Waals surface area contributed by atoms with E-state index < -0.39 is 5.82 Å². The summed E-state index contributed by atoms with van der Waals surface area (Å²) in [4.78, 5) is 4.39. The molecular weight excluding hydrogens is 335 g/mol. The average Bonchev–Trinajstić information content (AvgIpc) is 2.84. The van der Waals surface area contributed by atoms with Crippen LogP contribution in [0.4, 0.5) is 4.39 Å². The molecule has 0 aliphatic heterocycles. The number of hydrogen-bond acceptors (Lipinski definition) is 3. The fourth-order valence-electron chi connectivity index (χ4n) is 1.85. The van der Waals surface area contributed by atoms with E-state index in [0.717, 1.165) is 0 Å². The van der Waals surface area contributed by atoms with E-state index in [1.54, 1.807) is 29.8 Å². The van der Waals surface area contributed by atoms with Gasteiger partial charge in [0.2, 0.25) is 0 Å². The molecule has 0 aliphatic carbocycles. The zero-order chi connectivity index (χ0) is 13.6. The van der Waals surface area contributed by atoms with Gasteiger partial charge in [-0.3, -0.25) is 4.40 Å². The van der Waals surface area contributed by atoms with Crippen LogP contribution in [0.25, 0.3) is 16.9 Å². The number of hydrogen-bond donors (Lipinski definition) is 0. The first kappa shape index (κ1) is 12.5. The van der Waals surface area contributed by atoms with E-state index >= 15 is 0 Å². The van der Waals surface area contributed by atoms with Crippen molar-refractivity contribution in [3.63, 3.8) is 0 Å². The molecule has 0 unspecified atom stereocenters. The van der Waals surface area contributed by atoms with Crippen molar-refractivity contribution in [1.29, 1.82) is 0 Å². The molecule has 0 aliphatic rings. The smallest absolute Gasteiger partial charge is 0.178 e. The van der Waals surface area contributed by atoms with Gasteiger partial charge in [0.05, 0.1) is 10.2 Å². The van der Waals surface area contributed by atoms with Crippen LogP contribution in [0.3, 0.4) is 0 Å². The zero-order valence-corrected chi connectivity index (χ0v) is 12.1. The van der Waals surface area contributed by atoms with Gasteiger partial charge in [-0.1, -0.05) is 11.6 Å². The molecule has 1 aromatic carbocycles. The highest BCUT2D eigenvalue weighted by Crippen LogP contribution is 2.32. The summed E-state index contributed by atoms with van der Waals surface area (Å²) < 4.78 is 16.3. The van der Waals surface area contributed by atoms with Gasteiger partial charge in [0.25, 0.3) is 0 Å². The highest BCUT2D eigenvalue weighted by atomic mass is 79.9.